The number of benzene rings is 1. The monoisotopic (exact) mass is 276 g/mol. The summed E-state index contributed by atoms with van der Waals surface area (Å²) in [6, 6.07) is 5.21. The first-order valence-corrected chi connectivity index (χ1v) is 5.83. The molecule has 0 atom stereocenters. The molecule has 0 spiro atoms. The summed E-state index contributed by atoms with van der Waals surface area (Å²) < 4.78 is 53.3. The number of ether oxygens (including phenoxy) is 1. The third kappa shape index (κ3) is 2.88. The fraction of sp³-hybridized carbons (Fsp3) is 0.462. The van der Waals surface area contributed by atoms with Crippen LogP contribution in [0.4, 0.5) is 17.6 Å². The largest absolute Gasteiger partial charge is 0.455 e. The van der Waals surface area contributed by atoms with Crippen molar-refractivity contribution < 1.29 is 27.1 Å². The molecule has 1 fully saturated rings. The Morgan fingerprint density at radius 2 is 1.79 bits per heavy atom. The molecule has 1 saturated carbocycles. The van der Waals surface area contributed by atoms with E-state index in [1.807, 2.05) is 0 Å². The van der Waals surface area contributed by atoms with Gasteiger partial charge in [0.1, 0.15) is 5.82 Å². The standard InChI is InChI=1S/C13H12F4O2/c14-10-4-2-9(3-5-10)12(6-1-7-12)11(18)19-8-13(15,16)17/h2-5H,1,6-8H2. The van der Waals surface area contributed by atoms with Gasteiger partial charge in [0.15, 0.2) is 6.61 Å². The smallest absolute Gasteiger partial charge is 0.422 e. The Morgan fingerprint density at radius 1 is 1.21 bits per heavy atom. The summed E-state index contributed by atoms with van der Waals surface area (Å²) >= 11 is 0. The first kappa shape index (κ1) is 13.8. The van der Waals surface area contributed by atoms with Crippen molar-refractivity contribution in [2.24, 2.45) is 0 Å². The third-order valence-corrected chi connectivity index (χ3v) is 3.36. The van der Waals surface area contributed by atoms with Crippen LogP contribution in [0.3, 0.4) is 0 Å². The Labute approximate surface area is 107 Å². The van der Waals surface area contributed by atoms with Crippen molar-refractivity contribution in [3.05, 3.63) is 35.6 Å². The molecule has 2 rings (SSSR count). The minimum absolute atomic E-state index is 0.426. The summed E-state index contributed by atoms with van der Waals surface area (Å²) in [5, 5.41) is 0. The lowest BCUT2D eigenvalue weighted by atomic mass is 9.64. The zero-order chi connectivity index (χ0) is 14.1. The lowest BCUT2D eigenvalue weighted by Crippen LogP contribution is -2.44. The second-order valence-electron chi connectivity index (χ2n) is 4.63. The normalized spacial score (nSPS) is 17.7. The van der Waals surface area contributed by atoms with Crippen LogP contribution in [-0.2, 0) is 14.9 Å². The summed E-state index contributed by atoms with van der Waals surface area (Å²) in [6.45, 7) is -1.59. The molecule has 0 N–H and O–H groups in total. The Bertz CT molecular complexity index is 461. The van der Waals surface area contributed by atoms with E-state index in [9.17, 15) is 22.4 Å². The minimum atomic E-state index is -4.54. The van der Waals surface area contributed by atoms with Crippen LogP contribution in [0.1, 0.15) is 24.8 Å². The molecule has 0 heterocycles. The Balaban J connectivity index is 2.14. The molecule has 19 heavy (non-hydrogen) atoms. The van der Waals surface area contributed by atoms with E-state index in [0.717, 1.165) is 6.42 Å². The van der Waals surface area contributed by atoms with E-state index < -0.39 is 30.0 Å². The van der Waals surface area contributed by atoms with Crippen LogP contribution < -0.4 is 0 Å². The molecule has 104 valence electrons. The molecule has 0 aliphatic heterocycles. The topological polar surface area (TPSA) is 26.3 Å². The van der Waals surface area contributed by atoms with Gasteiger partial charge in [-0.1, -0.05) is 18.6 Å². The van der Waals surface area contributed by atoms with Crippen LogP contribution in [0, 0.1) is 5.82 Å². The Kier molecular flexibility index (Phi) is 3.52. The average Bonchev–Trinajstić information content (AvgIpc) is 2.26. The first-order chi connectivity index (χ1) is 8.83. The van der Waals surface area contributed by atoms with Gasteiger partial charge in [0.25, 0.3) is 0 Å². The van der Waals surface area contributed by atoms with Crippen LogP contribution >= 0.6 is 0 Å². The predicted octanol–water partition coefficient (Wildman–Crippen LogP) is 3.35. The molecular weight excluding hydrogens is 264 g/mol. The van der Waals surface area contributed by atoms with Crippen molar-refractivity contribution in [3.63, 3.8) is 0 Å². The van der Waals surface area contributed by atoms with Crippen molar-refractivity contribution in [1.82, 2.24) is 0 Å². The summed E-state index contributed by atoms with van der Waals surface area (Å²) in [7, 11) is 0. The van der Waals surface area contributed by atoms with Gasteiger partial charge in [-0.3, -0.25) is 4.79 Å². The number of alkyl halides is 3. The second kappa shape index (κ2) is 4.83. The van der Waals surface area contributed by atoms with Gasteiger partial charge in [-0.25, -0.2) is 4.39 Å². The van der Waals surface area contributed by atoms with E-state index in [1.54, 1.807) is 0 Å². The highest BCUT2D eigenvalue weighted by Gasteiger charge is 2.48. The molecule has 0 amide bonds. The van der Waals surface area contributed by atoms with Crippen LogP contribution in [0.5, 0.6) is 0 Å². The Morgan fingerprint density at radius 3 is 2.21 bits per heavy atom. The van der Waals surface area contributed by atoms with Gasteiger partial charge < -0.3 is 4.74 Å². The molecule has 0 saturated heterocycles. The summed E-state index contributed by atoms with van der Waals surface area (Å²) in [5.74, 6) is -1.34. The molecule has 0 radical (unpaired) electrons. The molecule has 6 heteroatoms. The minimum Gasteiger partial charge on any atom is -0.455 e. The van der Waals surface area contributed by atoms with Crippen LogP contribution in [0.2, 0.25) is 0 Å². The molecule has 1 aliphatic carbocycles. The second-order valence-corrected chi connectivity index (χ2v) is 4.63. The van der Waals surface area contributed by atoms with E-state index >= 15 is 0 Å². The number of esters is 1. The highest BCUT2D eigenvalue weighted by atomic mass is 19.4. The van der Waals surface area contributed by atoms with Crippen molar-refractivity contribution >= 4 is 5.97 Å². The third-order valence-electron chi connectivity index (χ3n) is 3.36. The highest BCUT2D eigenvalue weighted by molar-refractivity contribution is 5.84. The van der Waals surface area contributed by atoms with Gasteiger partial charge in [-0.2, -0.15) is 13.2 Å². The number of rotatable bonds is 3. The maximum absolute atomic E-state index is 12.8. The number of carbonyl (C=O) groups excluding carboxylic acids is 1. The number of hydrogen-bond acceptors (Lipinski definition) is 2. The van der Waals surface area contributed by atoms with E-state index in [4.69, 9.17) is 0 Å². The van der Waals surface area contributed by atoms with Gasteiger partial charge in [0.05, 0.1) is 5.41 Å². The maximum atomic E-state index is 12.8. The summed E-state index contributed by atoms with van der Waals surface area (Å²) in [5.41, 5.74) is -0.536. The van der Waals surface area contributed by atoms with Crippen LogP contribution in [-0.4, -0.2) is 18.8 Å². The fourth-order valence-electron chi connectivity index (χ4n) is 2.20. The van der Waals surface area contributed by atoms with E-state index in [1.165, 1.54) is 24.3 Å². The maximum Gasteiger partial charge on any atom is 0.422 e. The van der Waals surface area contributed by atoms with Gasteiger partial charge in [0.2, 0.25) is 0 Å². The van der Waals surface area contributed by atoms with Crippen LogP contribution in [0.25, 0.3) is 0 Å². The van der Waals surface area contributed by atoms with Gasteiger partial charge in [0, 0.05) is 0 Å². The number of carbonyl (C=O) groups is 1. The molecule has 0 aromatic heterocycles. The lowest BCUT2D eigenvalue weighted by Gasteiger charge is -2.39. The zero-order valence-corrected chi connectivity index (χ0v) is 9.97. The average molecular weight is 276 g/mol. The Hall–Kier alpha value is -1.59. The van der Waals surface area contributed by atoms with Gasteiger partial charge >= 0.3 is 12.1 Å². The highest BCUT2D eigenvalue weighted by Crippen LogP contribution is 2.45. The SMILES string of the molecule is O=C(OCC(F)(F)F)C1(c2ccc(F)cc2)CCC1. The van der Waals surface area contributed by atoms with E-state index in [0.29, 0.717) is 18.4 Å². The van der Waals surface area contributed by atoms with Crippen LogP contribution in [0.15, 0.2) is 24.3 Å². The quantitative estimate of drug-likeness (QED) is 0.625. The number of halogens is 4. The van der Waals surface area contributed by atoms with Crippen molar-refractivity contribution in [2.45, 2.75) is 30.9 Å². The number of hydrogen-bond donors (Lipinski definition) is 0. The molecule has 1 aliphatic rings. The predicted molar refractivity (Wildman–Crippen MR) is 58.9 cm³/mol. The van der Waals surface area contributed by atoms with E-state index in [-0.39, 0.29) is 0 Å². The first-order valence-electron chi connectivity index (χ1n) is 5.83. The molecule has 1 aromatic rings. The van der Waals surface area contributed by atoms with Crippen molar-refractivity contribution in [3.8, 4) is 0 Å². The molecule has 0 unspecified atom stereocenters. The van der Waals surface area contributed by atoms with Crippen molar-refractivity contribution in [1.29, 1.82) is 0 Å². The lowest BCUT2D eigenvalue weighted by molar-refractivity contribution is -0.192. The summed E-state index contributed by atoms with van der Waals surface area (Å²) in [4.78, 5) is 11.9. The molecule has 0 bridgehead atoms. The van der Waals surface area contributed by atoms with E-state index in [2.05, 4.69) is 4.74 Å². The van der Waals surface area contributed by atoms with Crippen molar-refractivity contribution in [2.75, 3.05) is 6.61 Å². The molecule has 2 nitrogen and oxygen atoms in total. The zero-order valence-electron chi connectivity index (χ0n) is 9.97. The summed E-state index contributed by atoms with van der Waals surface area (Å²) in [6.07, 6.45) is -2.95. The fourth-order valence-corrected chi connectivity index (χ4v) is 2.20. The molecular formula is C13H12F4O2. The van der Waals surface area contributed by atoms with Gasteiger partial charge in [-0.05, 0) is 30.5 Å². The molecule has 1 aromatic carbocycles. The van der Waals surface area contributed by atoms with Gasteiger partial charge in [-0.15, -0.1) is 0 Å².